The molecule has 24 heavy (non-hydrogen) atoms. The van der Waals surface area contributed by atoms with Crippen LogP contribution in [0.4, 0.5) is 18.9 Å². The molecule has 0 fully saturated rings. The molecule has 0 aliphatic carbocycles. The van der Waals surface area contributed by atoms with E-state index in [1.807, 2.05) is 0 Å². The van der Waals surface area contributed by atoms with Gasteiger partial charge in [0.1, 0.15) is 5.69 Å². The van der Waals surface area contributed by atoms with Gasteiger partial charge in [0, 0.05) is 0 Å². The third-order valence-electron chi connectivity index (χ3n) is 2.42. The highest BCUT2D eigenvalue weighted by atomic mass is 32.3. The van der Waals surface area contributed by atoms with Crippen LogP contribution in [0.2, 0.25) is 0 Å². The molecule has 1 aromatic carbocycles. The van der Waals surface area contributed by atoms with Crippen molar-refractivity contribution in [3.63, 3.8) is 0 Å². The zero-order valence-corrected chi connectivity index (χ0v) is 14.1. The summed E-state index contributed by atoms with van der Waals surface area (Å²) in [6, 6.07) is 2.51. The minimum atomic E-state index is -5.26. The van der Waals surface area contributed by atoms with E-state index in [9.17, 15) is 34.8 Å². The predicted octanol–water partition coefficient (Wildman–Crippen LogP) is 1.10. The van der Waals surface area contributed by atoms with Gasteiger partial charge >= 0.3 is 12.3 Å². The largest absolute Gasteiger partial charge is 0.573 e. The number of hydrogen-bond donors (Lipinski definition) is 0. The van der Waals surface area contributed by atoms with E-state index < -0.39 is 49.4 Å². The predicted molar refractivity (Wildman–Crippen MR) is 76.6 cm³/mol. The van der Waals surface area contributed by atoms with E-state index in [2.05, 4.69) is 9.47 Å². The number of methoxy groups -OCH3 is 1. The summed E-state index contributed by atoms with van der Waals surface area (Å²) in [5.74, 6) is -2.45. The minimum absolute atomic E-state index is 0.326. The lowest BCUT2D eigenvalue weighted by molar-refractivity contribution is -0.274. The van der Waals surface area contributed by atoms with Crippen LogP contribution in [0.5, 0.6) is 5.75 Å². The molecule has 13 heteroatoms. The van der Waals surface area contributed by atoms with Crippen LogP contribution < -0.4 is 8.45 Å². The van der Waals surface area contributed by atoms with E-state index in [1.54, 1.807) is 0 Å². The molecule has 0 saturated heterocycles. The summed E-state index contributed by atoms with van der Waals surface area (Å²) in [6.07, 6.45) is -4.37. The van der Waals surface area contributed by atoms with Crippen LogP contribution in [-0.4, -0.2) is 48.8 Å². The van der Waals surface area contributed by atoms with Gasteiger partial charge < -0.3 is 9.47 Å². The summed E-state index contributed by atoms with van der Waals surface area (Å²) >= 11 is 0. The van der Waals surface area contributed by atoms with Crippen molar-refractivity contribution in [2.24, 2.45) is 0 Å². The molecule has 0 atom stereocenters. The molecule has 0 aliphatic rings. The Balaban J connectivity index is 3.89. The molecule has 0 spiro atoms. The van der Waals surface area contributed by atoms with Gasteiger partial charge in [-0.1, -0.05) is 6.07 Å². The van der Waals surface area contributed by atoms with Gasteiger partial charge in [-0.05, 0) is 12.1 Å². The number of sulfonamides is 2. The molecule has 8 nitrogen and oxygen atoms in total. The summed E-state index contributed by atoms with van der Waals surface area (Å²) in [7, 11) is -8.37. The lowest BCUT2D eigenvalue weighted by Gasteiger charge is -2.24. The van der Waals surface area contributed by atoms with Crippen LogP contribution in [0.1, 0.15) is 10.4 Å². The van der Waals surface area contributed by atoms with E-state index in [0.29, 0.717) is 18.6 Å². The summed E-state index contributed by atoms with van der Waals surface area (Å²) in [4.78, 5) is 11.7. The maximum Gasteiger partial charge on any atom is 0.573 e. The maximum absolute atomic E-state index is 12.5. The van der Waals surface area contributed by atoms with Gasteiger partial charge in [0.15, 0.2) is 5.75 Å². The second-order valence-corrected chi connectivity index (χ2v) is 8.31. The van der Waals surface area contributed by atoms with E-state index in [1.165, 1.54) is 0 Å². The van der Waals surface area contributed by atoms with E-state index in [-0.39, 0.29) is 3.71 Å². The molecule has 0 radical (unpaired) electrons. The van der Waals surface area contributed by atoms with Gasteiger partial charge in [0.05, 0.1) is 25.2 Å². The minimum Gasteiger partial charge on any atom is -0.465 e. The van der Waals surface area contributed by atoms with Crippen molar-refractivity contribution < 1.29 is 44.3 Å². The van der Waals surface area contributed by atoms with Gasteiger partial charge in [0.25, 0.3) is 0 Å². The Morgan fingerprint density at radius 1 is 1.08 bits per heavy atom. The van der Waals surface area contributed by atoms with Crippen LogP contribution in [0, 0.1) is 0 Å². The first-order chi connectivity index (χ1) is 10.7. The number of alkyl halides is 3. The van der Waals surface area contributed by atoms with Crippen LogP contribution in [0.3, 0.4) is 0 Å². The van der Waals surface area contributed by atoms with Crippen molar-refractivity contribution in [1.29, 1.82) is 0 Å². The quantitative estimate of drug-likeness (QED) is 0.692. The number of nitrogens with zero attached hydrogens (tertiary/aromatic N) is 1. The standard InChI is InChI=1S/C11H12F3NO7S2/c1-21-10(16)7-5-4-6-8(22-11(12,13)14)9(7)15(23(2,17)18)24(3,19)20/h4-6H,1-3H3. The SMILES string of the molecule is COC(=O)c1cccc(OC(F)(F)F)c1N(S(C)(=O)=O)S(C)(=O)=O. The topological polar surface area (TPSA) is 107 Å². The monoisotopic (exact) mass is 391 g/mol. The molecule has 0 N–H and O–H groups in total. The number of anilines is 1. The van der Waals surface area contributed by atoms with E-state index in [4.69, 9.17) is 0 Å². The normalized spacial score (nSPS) is 12.6. The number of halogens is 3. The Morgan fingerprint density at radius 2 is 1.58 bits per heavy atom. The second kappa shape index (κ2) is 6.47. The van der Waals surface area contributed by atoms with Crippen molar-refractivity contribution in [2.75, 3.05) is 23.3 Å². The molecular formula is C11H12F3NO7S2. The zero-order chi connectivity index (χ0) is 18.9. The van der Waals surface area contributed by atoms with Gasteiger partial charge in [0.2, 0.25) is 20.0 Å². The van der Waals surface area contributed by atoms with Crippen molar-refractivity contribution in [3.8, 4) is 5.75 Å². The van der Waals surface area contributed by atoms with Gasteiger partial charge in [-0.25, -0.2) is 21.6 Å². The molecule has 0 bridgehead atoms. The first-order valence-corrected chi connectivity index (χ1v) is 9.55. The van der Waals surface area contributed by atoms with Gasteiger partial charge in [-0.2, -0.15) is 3.71 Å². The van der Waals surface area contributed by atoms with Crippen molar-refractivity contribution in [1.82, 2.24) is 0 Å². The van der Waals surface area contributed by atoms with Crippen LogP contribution in [0.15, 0.2) is 18.2 Å². The molecule has 0 amide bonds. The Morgan fingerprint density at radius 3 is 1.96 bits per heavy atom. The lowest BCUT2D eigenvalue weighted by Crippen LogP contribution is -2.37. The molecule has 0 aliphatic heterocycles. The zero-order valence-electron chi connectivity index (χ0n) is 12.5. The van der Waals surface area contributed by atoms with Crippen LogP contribution in [-0.2, 0) is 24.8 Å². The number of para-hydroxylation sites is 1. The fourth-order valence-electron chi connectivity index (χ4n) is 1.77. The number of rotatable bonds is 5. The fraction of sp³-hybridized carbons (Fsp3) is 0.364. The van der Waals surface area contributed by atoms with Gasteiger partial charge in [-0.15, -0.1) is 13.2 Å². The Bertz CT molecular complexity index is 815. The first kappa shape index (κ1) is 20.0. The smallest absolute Gasteiger partial charge is 0.465 e. The number of carbonyl (C=O) groups is 1. The van der Waals surface area contributed by atoms with Crippen molar-refractivity contribution in [3.05, 3.63) is 23.8 Å². The molecular weight excluding hydrogens is 379 g/mol. The molecule has 0 aromatic heterocycles. The van der Waals surface area contributed by atoms with Crippen molar-refractivity contribution in [2.45, 2.75) is 6.36 Å². The molecule has 0 saturated carbocycles. The maximum atomic E-state index is 12.5. The molecule has 0 unspecified atom stereocenters. The van der Waals surface area contributed by atoms with E-state index in [0.717, 1.165) is 19.2 Å². The number of carbonyl (C=O) groups excluding carboxylic acids is 1. The Kier molecular flexibility index (Phi) is 5.40. The second-order valence-electron chi connectivity index (χ2n) is 4.41. The first-order valence-electron chi connectivity index (χ1n) is 5.86. The lowest BCUT2D eigenvalue weighted by atomic mass is 10.1. The molecule has 1 rings (SSSR count). The van der Waals surface area contributed by atoms with Crippen molar-refractivity contribution >= 4 is 31.7 Å². The Labute approximate surface area is 135 Å². The average Bonchev–Trinajstić information content (AvgIpc) is 2.34. The highest BCUT2D eigenvalue weighted by Gasteiger charge is 2.38. The Hall–Kier alpha value is -2.02. The number of benzene rings is 1. The summed E-state index contributed by atoms with van der Waals surface area (Å²) in [6.45, 7) is 0. The van der Waals surface area contributed by atoms with Crippen LogP contribution >= 0.6 is 0 Å². The molecule has 0 heterocycles. The highest BCUT2D eigenvalue weighted by molar-refractivity contribution is 8.09. The highest BCUT2D eigenvalue weighted by Crippen LogP contribution is 2.38. The molecule has 136 valence electrons. The third-order valence-corrected chi connectivity index (χ3v) is 5.61. The van der Waals surface area contributed by atoms with Gasteiger partial charge in [-0.3, -0.25) is 0 Å². The average molecular weight is 391 g/mol. The number of ether oxygens (including phenoxy) is 2. The number of hydrogen-bond acceptors (Lipinski definition) is 7. The fourth-order valence-corrected chi connectivity index (χ4v) is 4.78. The summed E-state index contributed by atoms with van der Waals surface area (Å²) in [5.41, 5.74) is -1.86. The number of esters is 1. The molecule has 1 aromatic rings. The summed E-state index contributed by atoms with van der Waals surface area (Å²) in [5, 5.41) is 0. The van der Waals surface area contributed by atoms with E-state index >= 15 is 0 Å². The summed E-state index contributed by atoms with van der Waals surface area (Å²) < 4.78 is 92.6. The van der Waals surface area contributed by atoms with Crippen LogP contribution in [0.25, 0.3) is 0 Å². The third kappa shape index (κ3) is 4.74.